The summed E-state index contributed by atoms with van der Waals surface area (Å²) in [6.45, 7) is 1.23. The minimum absolute atomic E-state index is 0.0158. The van der Waals surface area contributed by atoms with Crippen molar-refractivity contribution in [3.63, 3.8) is 0 Å². The molecular formula is C40H63F4N4O9P. The third kappa shape index (κ3) is 25.1. The number of carbonyl (C=O) groups is 3. The Kier molecular flexibility index (Phi) is 29.3. The molecule has 0 fully saturated rings. The van der Waals surface area contributed by atoms with Crippen molar-refractivity contribution < 1.29 is 60.3 Å². The van der Waals surface area contributed by atoms with Gasteiger partial charge in [-0.15, -0.1) is 0 Å². The van der Waals surface area contributed by atoms with Crippen LogP contribution in [0.5, 0.6) is 0 Å². The van der Waals surface area contributed by atoms with E-state index < -0.39 is 72.9 Å². The van der Waals surface area contributed by atoms with Gasteiger partial charge in [-0.05, 0) is 50.5 Å². The number of unbranched alkanes of at least 4 members (excludes halogenated alkanes) is 19. The van der Waals surface area contributed by atoms with E-state index in [0.29, 0.717) is 25.7 Å². The number of nitrogens with one attached hydrogen (secondary N) is 1. The van der Waals surface area contributed by atoms with Gasteiger partial charge < -0.3 is 24.6 Å². The van der Waals surface area contributed by atoms with Crippen molar-refractivity contribution >= 4 is 31.4 Å². The predicted molar refractivity (Wildman–Crippen MR) is 212 cm³/mol. The van der Waals surface area contributed by atoms with Crippen LogP contribution in [0.4, 0.5) is 23.2 Å². The van der Waals surface area contributed by atoms with Crippen LogP contribution in [0.1, 0.15) is 171 Å². The van der Waals surface area contributed by atoms with E-state index >= 15 is 0 Å². The Morgan fingerprint density at radius 3 is 1.67 bits per heavy atom. The van der Waals surface area contributed by atoms with Gasteiger partial charge in [-0.3, -0.25) is 18.9 Å². The van der Waals surface area contributed by atoms with E-state index in [2.05, 4.69) is 38.9 Å². The summed E-state index contributed by atoms with van der Waals surface area (Å²) >= 11 is 0. The highest BCUT2D eigenvalue weighted by atomic mass is 31.2. The van der Waals surface area contributed by atoms with E-state index in [9.17, 15) is 36.5 Å². The minimum Gasteiger partial charge on any atom is -0.462 e. The molecule has 0 aliphatic carbocycles. The fraction of sp³-hybridized carbons (Fsp3) is 0.725. The van der Waals surface area contributed by atoms with E-state index in [4.69, 9.17) is 24.8 Å². The summed E-state index contributed by atoms with van der Waals surface area (Å²) in [5, 5.41) is 4.81. The summed E-state index contributed by atoms with van der Waals surface area (Å²) in [5.74, 6) is -10.3. The molecule has 330 valence electrons. The van der Waals surface area contributed by atoms with Gasteiger partial charge in [0, 0.05) is 24.3 Å². The maximum Gasteiger partial charge on any atom is 0.469 e. The number of hydrogen-bond donors (Lipinski definition) is 3. The Hall–Kier alpha value is -3.49. The Bertz CT molecular complexity index is 1460. The number of benzene rings is 1. The largest absolute Gasteiger partial charge is 0.469 e. The normalized spacial score (nSPS) is 12.1. The molecule has 0 aliphatic heterocycles. The Labute approximate surface area is 339 Å². The van der Waals surface area contributed by atoms with Gasteiger partial charge in [0.2, 0.25) is 0 Å². The molecule has 58 heavy (non-hydrogen) atoms. The van der Waals surface area contributed by atoms with Crippen molar-refractivity contribution in [3.8, 4) is 0 Å². The number of rotatable bonds is 35. The summed E-state index contributed by atoms with van der Waals surface area (Å²) in [7, 11) is -4.84. The molecule has 1 rings (SSSR count). The number of halogens is 4. The molecule has 0 unspecified atom stereocenters. The lowest BCUT2D eigenvalue weighted by Crippen LogP contribution is -2.29. The van der Waals surface area contributed by atoms with Crippen molar-refractivity contribution in [2.45, 2.75) is 167 Å². The van der Waals surface area contributed by atoms with Gasteiger partial charge in [-0.1, -0.05) is 121 Å². The quantitative estimate of drug-likeness (QED) is 0.00684. The first kappa shape index (κ1) is 52.5. The molecule has 0 saturated carbocycles. The molecule has 3 N–H and O–H groups in total. The highest BCUT2D eigenvalue weighted by Gasteiger charge is 2.29. The molecule has 1 atom stereocenters. The number of amides is 1. The van der Waals surface area contributed by atoms with Gasteiger partial charge in [0.1, 0.15) is 17.9 Å². The van der Waals surface area contributed by atoms with E-state index in [-0.39, 0.29) is 26.0 Å². The molecule has 0 heterocycles. The first-order chi connectivity index (χ1) is 27.8. The van der Waals surface area contributed by atoms with E-state index in [1.54, 1.807) is 0 Å². The second-order valence-electron chi connectivity index (χ2n) is 14.3. The molecule has 0 bridgehead atoms. The van der Waals surface area contributed by atoms with Crippen LogP contribution in [0.25, 0.3) is 10.4 Å². The molecule has 0 radical (unpaired) electrons. The van der Waals surface area contributed by atoms with E-state index in [1.165, 1.54) is 38.5 Å². The molecule has 0 aromatic heterocycles. The van der Waals surface area contributed by atoms with Gasteiger partial charge in [0.25, 0.3) is 5.91 Å². The van der Waals surface area contributed by atoms with Crippen LogP contribution in [0, 0.1) is 23.3 Å². The molecule has 13 nitrogen and oxygen atoms in total. The SMILES string of the molecule is CCCCCCCCC=CCCCCCCCC(=O)OC[C@H](COP(=O)(O)O)OC(=O)CCCCCCCCCCCNC(=O)c1c(F)c(F)c(N=[N+]=[N-])c(F)c1F. The number of carbonyl (C=O) groups excluding carboxylic acids is 3. The van der Waals surface area contributed by atoms with Gasteiger partial charge in [0.05, 0.1) is 6.61 Å². The zero-order chi connectivity index (χ0) is 43.0. The first-order valence-corrected chi connectivity index (χ1v) is 22.2. The number of nitrogens with zero attached hydrogens (tertiary/aromatic N) is 3. The van der Waals surface area contributed by atoms with Crippen LogP contribution in [-0.2, 0) is 28.2 Å². The Morgan fingerprint density at radius 2 is 1.17 bits per heavy atom. The molecule has 18 heteroatoms. The van der Waals surface area contributed by atoms with Gasteiger partial charge in [-0.2, -0.15) is 0 Å². The molecule has 0 saturated heterocycles. The number of phosphoric ester groups is 1. The first-order valence-electron chi connectivity index (χ1n) is 20.7. The highest BCUT2D eigenvalue weighted by molar-refractivity contribution is 7.46. The fourth-order valence-corrected chi connectivity index (χ4v) is 6.37. The van der Waals surface area contributed by atoms with Crippen LogP contribution >= 0.6 is 7.82 Å². The maximum absolute atomic E-state index is 14.1. The molecule has 1 aromatic rings. The average molecular weight is 851 g/mol. The second-order valence-corrected chi connectivity index (χ2v) is 15.5. The van der Waals surface area contributed by atoms with Crippen LogP contribution in [0.3, 0.4) is 0 Å². The lowest BCUT2D eigenvalue weighted by Gasteiger charge is -2.18. The van der Waals surface area contributed by atoms with Crippen LogP contribution < -0.4 is 5.32 Å². The number of hydrogen-bond acceptors (Lipinski definition) is 8. The maximum atomic E-state index is 14.1. The monoisotopic (exact) mass is 850 g/mol. The molecular weight excluding hydrogens is 787 g/mol. The number of azide groups is 1. The van der Waals surface area contributed by atoms with Crippen LogP contribution in [0.2, 0.25) is 0 Å². The average Bonchev–Trinajstić information content (AvgIpc) is 3.18. The van der Waals surface area contributed by atoms with E-state index in [0.717, 1.165) is 77.0 Å². The van der Waals surface area contributed by atoms with Gasteiger partial charge in [-0.25, -0.2) is 22.1 Å². The number of ether oxygens (including phenoxy) is 2. The van der Waals surface area contributed by atoms with Gasteiger partial charge in [0.15, 0.2) is 29.4 Å². The minimum atomic E-state index is -4.84. The molecule has 1 aromatic carbocycles. The molecule has 0 spiro atoms. The summed E-state index contributed by atoms with van der Waals surface area (Å²) < 4.78 is 82.3. The zero-order valence-electron chi connectivity index (χ0n) is 33.9. The third-order valence-corrected chi connectivity index (χ3v) is 9.74. The van der Waals surface area contributed by atoms with Crippen molar-refractivity contribution in [2.24, 2.45) is 5.11 Å². The number of esters is 2. The fourth-order valence-electron chi connectivity index (χ4n) is 6.01. The van der Waals surface area contributed by atoms with E-state index in [1.807, 2.05) is 0 Å². The number of allylic oxidation sites excluding steroid dienone is 2. The summed E-state index contributed by atoms with van der Waals surface area (Å²) in [6.07, 6.45) is 25.0. The topological polar surface area (TPSA) is 197 Å². The summed E-state index contributed by atoms with van der Waals surface area (Å²) in [4.78, 5) is 57.1. The van der Waals surface area contributed by atoms with Crippen molar-refractivity contribution in [2.75, 3.05) is 19.8 Å². The summed E-state index contributed by atoms with van der Waals surface area (Å²) in [6, 6.07) is 0. The van der Waals surface area contributed by atoms with Crippen LogP contribution in [-0.4, -0.2) is 53.5 Å². The smallest absolute Gasteiger partial charge is 0.462 e. The summed E-state index contributed by atoms with van der Waals surface area (Å²) in [5.41, 5.74) is 5.38. The Balaban J connectivity index is 2.18. The van der Waals surface area contributed by atoms with Gasteiger partial charge >= 0.3 is 19.8 Å². The van der Waals surface area contributed by atoms with Crippen molar-refractivity contribution in [3.05, 3.63) is 51.4 Å². The highest BCUT2D eigenvalue weighted by Crippen LogP contribution is 2.36. The molecule has 1 amide bonds. The lowest BCUT2D eigenvalue weighted by atomic mass is 10.1. The Morgan fingerprint density at radius 1 is 0.707 bits per heavy atom. The third-order valence-electron chi connectivity index (χ3n) is 9.25. The van der Waals surface area contributed by atoms with Crippen LogP contribution in [0.15, 0.2) is 17.3 Å². The molecule has 0 aliphatic rings. The van der Waals surface area contributed by atoms with Crippen molar-refractivity contribution in [1.82, 2.24) is 5.32 Å². The van der Waals surface area contributed by atoms with Crippen molar-refractivity contribution in [1.29, 1.82) is 0 Å². The number of phosphoric acid groups is 1. The second kappa shape index (κ2) is 32.4. The zero-order valence-corrected chi connectivity index (χ0v) is 34.8. The predicted octanol–water partition coefficient (Wildman–Crippen LogP) is 11.4. The standard InChI is InChI=1S/C40H63F4N4O9P/c1-2-3-4-5-6-7-8-9-10-11-12-14-17-20-23-26-32(49)55-29-31(30-56-58(52,53)54)57-33(50)27-24-21-18-15-13-16-19-22-25-28-46-40(51)34-35(41)37(43)39(47-48-45)38(44)36(34)42/h9-10,31H,2-8,11-30H2,1H3,(H,46,51)(H2,52,53,54)/t31-/m1/s1. The lowest BCUT2D eigenvalue weighted by molar-refractivity contribution is -0.161.